The van der Waals surface area contributed by atoms with Crippen LogP contribution in [0.3, 0.4) is 0 Å². The molecule has 0 saturated heterocycles. The number of ether oxygens (including phenoxy) is 1. The summed E-state index contributed by atoms with van der Waals surface area (Å²) in [5.74, 6) is -0.680. The molecule has 0 bridgehead atoms. The molecule has 6 heteroatoms. The van der Waals surface area contributed by atoms with Crippen LogP contribution in [0.5, 0.6) is 5.75 Å². The topological polar surface area (TPSA) is 38.3 Å². The van der Waals surface area contributed by atoms with E-state index >= 15 is 0 Å². The quantitative estimate of drug-likeness (QED) is 0.763. The average Bonchev–Trinajstić information content (AvgIpc) is 2.55. The molecule has 0 aromatic heterocycles. The van der Waals surface area contributed by atoms with Gasteiger partial charge in [-0.2, -0.15) is 8.78 Å². The summed E-state index contributed by atoms with van der Waals surface area (Å²) >= 11 is 6.21. The molecule has 0 atom stereocenters. The highest BCUT2D eigenvalue weighted by molar-refractivity contribution is 6.32. The third kappa shape index (κ3) is 4.03. The molecule has 0 unspecified atom stereocenters. The number of carbonyl (C=O) groups is 1. The monoisotopic (exact) mass is 353 g/mol. The molecule has 0 saturated carbocycles. The molecule has 24 heavy (non-hydrogen) atoms. The Labute approximate surface area is 144 Å². The SMILES string of the molecule is CCc1ccc(Cl)c(CC)c1NC(=O)c1ccccc1OC(F)F. The number of carbonyl (C=O) groups excluding carboxylic acids is 1. The van der Waals surface area contributed by atoms with E-state index in [1.54, 1.807) is 12.1 Å². The lowest BCUT2D eigenvalue weighted by Gasteiger charge is -2.17. The first-order chi connectivity index (χ1) is 11.5. The number of anilines is 1. The van der Waals surface area contributed by atoms with Gasteiger partial charge in [0, 0.05) is 10.7 Å². The van der Waals surface area contributed by atoms with E-state index in [1.807, 2.05) is 19.9 Å². The van der Waals surface area contributed by atoms with Gasteiger partial charge in [-0.1, -0.05) is 43.6 Å². The number of rotatable bonds is 6. The van der Waals surface area contributed by atoms with Crippen molar-refractivity contribution in [2.75, 3.05) is 5.32 Å². The minimum atomic E-state index is -3.00. The van der Waals surface area contributed by atoms with Crippen molar-refractivity contribution < 1.29 is 18.3 Å². The maximum atomic E-state index is 12.6. The number of hydrogen-bond acceptors (Lipinski definition) is 2. The lowest BCUT2D eigenvalue weighted by molar-refractivity contribution is -0.0501. The fraction of sp³-hybridized carbons (Fsp3) is 0.278. The minimum absolute atomic E-state index is 0.0434. The van der Waals surface area contributed by atoms with Crippen LogP contribution in [0.15, 0.2) is 36.4 Å². The first-order valence-electron chi connectivity index (χ1n) is 7.63. The molecular formula is C18H18ClF2NO2. The van der Waals surface area contributed by atoms with Crippen molar-refractivity contribution in [2.24, 2.45) is 0 Å². The second kappa shape index (κ2) is 8.11. The second-order valence-corrected chi connectivity index (χ2v) is 5.50. The van der Waals surface area contributed by atoms with E-state index in [0.717, 1.165) is 11.1 Å². The summed E-state index contributed by atoms with van der Waals surface area (Å²) in [5, 5.41) is 3.36. The summed E-state index contributed by atoms with van der Waals surface area (Å²) in [4.78, 5) is 12.6. The highest BCUT2D eigenvalue weighted by atomic mass is 35.5. The smallest absolute Gasteiger partial charge is 0.387 e. The molecule has 1 N–H and O–H groups in total. The standard InChI is InChI=1S/C18H18ClF2NO2/c1-3-11-9-10-14(19)12(4-2)16(11)22-17(23)13-7-5-6-8-15(13)24-18(20)21/h5-10,18H,3-4H2,1-2H3,(H,22,23). The molecule has 0 aliphatic rings. The number of benzene rings is 2. The van der Waals surface area contributed by atoms with Crippen LogP contribution in [-0.4, -0.2) is 12.5 Å². The maximum Gasteiger partial charge on any atom is 0.387 e. The van der Waals surface area contributed by atoms with E-state index in [9.17, 15) is 13.6 Å². The molecule has 128 valence electrons. The van der Waals surface area contributed by atoms with Gasteiger partial charge in [0.25, 0.3) is 5.91 Å². The van der Waals surface area contributed by atoms with Gasteiger partial charge in [-0.3, -0.25) is 4.79 Å². The summed E-state index contributed by atoms with van der Waals surface area (Å²) in [7, 11) is 0. The summed E-state index contributed by atoms with van der Waals surface area (Å²) in [6, 6.07) is 9.53. The number of para-hydroxylation sites is 1. The Bertz CT molecular complexity index is 735. The zero-order valence-corrected chi connectivity index (χ0v) is 14.2. The Balaban J connectivity index is 2.39. The number of halogens is 3. The molecular weight excluding hydrogens is 336 g/mol. The van der Waals surface area contributed by atoms with Crippen LogP contribution in [0, 0.1) is 0 Å². The molecule has 0 radical (unpaired) electrons. The lowest BCUT2D eigenvalue weighted by atomic mass is 10.0. The molecule has 1 amide bonds. The molecule has 2 aromatic carbocycles. The van der Waals surface area contributed by atoms with Crippen LogP contribution in [0.1, 0.15) is 35.3 Å². The minimum Gasteiger partial charge on any atom is -0.434 e. The molecule has 2 rings (SSSR count). The van der Waals surface area contributed by atoms with Gasteiger partial charge in [-0.15, -0.1) is 0 Å². The number of aryl methyl sites for hydroxylation is 1. The normalized spacial score (nSPS) is 10.8. The van der Waals surface area contributed by atoms with Crippen LogP contribution >= 0.6 is 11.6 Å². The predicted molar refractivity (Wildman–Crippen MR) is 91.2 cm³/mol. The van der Waals surface area contributed by atoms with Gasteiger partial charge in [0.2, 0.25) is 0 Å². The highest BCUT2D eigenvalue weighted by Gasteiger charge is 2.18. The fourth-order valence-corrected chi connectivity index (χ4v) is 2.79. The van der Waals surface area contributed by atoms with E-state index in [1.165, 1.54) is 18.2 Å². The molecule has 0 spiro atoms. The van der Waals surface area contributed by atoms with Crippen molar-refractivity contribution in [2.45, 2.75) is 33.3 Å². The predicted octanol–water partition coefficient (Wildman–Crippen LogP) is 5.32. The zero-order valence-electron chi connectivity index (χ0n) is 13.4. The Morgan fingerprint density at radius 1 is 1.17 bits per heavy atom. The van der Waals surface area contributed by atoms with Crippen molar-refractivity contribution in [1.82, 2.24) is 0 Å². The summed E-state index contributed by atoms with van der Waals surface area (Å²) < 4.78 is 29.4. The van der Waals surface area contributed by atoms with Crippen molar-refractivity contribution >= 4 is 23.2 Å². The van der Waals surface area contributed by atoms with E-state index < -0.39 is 12.5 Å². The Hall–Kier alpha value is -2.14. The second-order valence-electron chi connectivity index (χ2n) is 5.10. The van der Waals surface area contributed by atoms with E-state index in [2.05, 4.69) is 10.1 Å². The number of amides is 1. The number of alkyl halides is 2. The summed E-state index contributed by atoms with van der Waals surface area (Å²) in [6.45, 7) is 0.901. The van der Waals surface area contributed by atoms with Crippen LogP contribution in [0.2, 0.25) is 5.02 Å². The average molecular weight is 354 g/mol. The zero-order chi connectivity index (χ0) is 17.7. The Morgan fingerprint density at radius 2 is 1.88 bits per heavy atom. The van der Waals surface area contributed by atoms with Crippen LogP contribution in [-0.2, 0) is 12.8 Å². The molecule has 2 aromatic rings. The molecule has 0 aliphatic heterocycles. The third-order valence-corrected chi connectivity index (χ3v) is 4.02. The van der Waals surface area contributed by atoms with Gasteiger partial charge < -0.3 is 10.1 Å². The molecule has 0 heterocycles. The first kappa shape index (κ1) is 18.2. The Kier molecular flexibility index (Phi) is 6.15. The number of nitrogens with one attached hydrogen (secondary N) is 1. The maximum absolute atomic E-state index is 12.6. The van der Waals surface area contributed by atoms with Crippen molar-refractivity contribution in [1.29, 1.82) is 0 Å². The highest BCUT2D eigenvalue weighted by Crippen LogP contribution is 2.31. The fourth-order valence-electron chi connectivity index (χ4n) is 2.50. The van der Waals surface area contributed by atoms with E-state index in [4.69, 9.17) is 11.6 Å². The van der Waals surface area contributed by atoms with Crippen molar-refractivity contribution in [3.05, 3.63) is 58.1 Å². The van der Waals surface area contributed by atoms with Gasteiger partial charge in [0.15, 0.2) is 0 Å². The summed E-state index contributed by atoms with van der Waals surface area (Å²) in [6.07, 6.45) is 1.34. The van der Waals surface area contributed by atoms with Crippen molar-refractivity contribution in [3.8, 4) is 5.75 Å². The van der Waals surface area contributed by atoms with Gasteiger partial charge in [-0.25, -0.2) is 0 Å². The van der Waals surface area contributed by atoms with E-state index in [0.29, 0.717) is 23.6 Å². The Morgan fingerprint density at radius 3 is 2.50 bits per heavy atom. The molecule has 0 fully saturated rings. The third-order valence-electron chi connectivity index (χ3n) is 3.66. The lowest BCUT2D eigenvalue weighted by Crippen LogP contribution is -2.17. The van der Waals surface area contributed by atoms with Crippen LogP contribution < -0.4 is 10.1 Å². The largest absolute Gasteiger partial charge is 0.434 e. The molecule has 3 nitrogen and oxygen atoms in total. The van der Waals surface area contributed by atoms with Gasteiger partial charge in [0.1, 0.15) is 5.75 Å². The summed E-state index contributed by atoms with van der Waals surface area (Å²) in [5.41, 5.74) is 2.42. The first-order valence-corrected chi connectivity index (χ1v) is 8.01. The van der Waals surface area contributed by atoms with Gasteiger partial charge in [0.05, 0.1) is 5.56 Å². The van der Waals surface area contributed by atoms with Crippen LogP contribution in [0.25, 0.3) is 0 Å². The number of hydrogen-bond donors (Lipinski definition) is 1. The van der Waals surface area contributed by atoms with Crippen molar-refractivity contribution in [3.63, 3.8) is 0 Å². The van der Waals surface area contributed by atoms with Gasteiger partial charge >= 0.3 is 6.61 Å². The molecule has 0 aliphatic carbocycles. The van der Waals surface area contributed by atoms with E-state index in [-0.39, 0.29) is 11.3 Å². The van der Waals surface area contributed by atoms with Crippen LogP contribution in [0.4, 0.5) is 14.5 Å². The van der Waals surface area contributed by atoms with Gasteiger partial charge in [-0.05, 0) is 42.2 Å².